The first-order valence-corrected chi connectivity index (χ1v) is 9.30. The predicted molar refractivity (Wildman–Crippen MR) is 98.6 cm³/mol. The van der Waals surface area contributed by atoms with Gasteiger partial charge in [-0.15, -0.1) is 0 Å². The molecule has 4 atom stereocenters. The third-order valence-electron chi connectivity index (χ3n) is 5.43. The van der Waals surface area contributed by atoms with Crippen LogP contribution in [0.15, 0.2) is 42.7 Å². The number of ether oxygens (including phenoxy) is 1. The number of nitrogens with one attached hydrogen (secondary N) is 1. The number of benzene rings is 1. The molecule has 4 rings (SSSR count). The molecule has 2 aromatic rings. The van der Waals surface area contributed by atoms with E-state index in [0.717, 1.165) is 24.2 Å². The van der Waals surface area contributed by atoms with Crippen LogP contribution in [0.4, 0.5) is 0 Å². The molecule has 0 saturated carbocycles. The quantitative estimate of drug-likeness (QED) is 0.912. The number of aromatic nitrogens is 2. The average Bonchev–Trinajstić information content (AvgIpc) is 3.30. The Morgan fingerprint density at radius 1 is 1.19 bits per heavy atom. The highest BCUT2D eigenvalue weighted by atomic mass is 16.5. The summed E-state index contributed by atoms with van der Waals surface area (Å²) in [5.74, 6) is 0.366. The summed E-state index contributed by atoms with van der Waals surface area (Å²) in [6.45, 7) is 4.85. The topological polar surface area (TPSA) is 59.4 Å². The molecule has 1 aromatic carbocycles. The third kappa shape index (κ3) is 3.39. The molecule has 2 saturated heterocycles. The van der Waals surface area contributed by atoms with Crippen molar-refractivity contribution in [3.8, 4) is 0 Å². The molecule has 138 valence electrons. The normalized spacial score (nSPS) is 29.1. The van der Waals surface area contributed by atoms with E-state index in [-0.39, 0.29) is 30.0 Å². The second-order valence-corrected chi connectivity index (χ2v) is 7.41. The molecule has 2 aliphatic rings. The highest BCUT2D eigenvalue weighted by Gasteiger charge is 2.39. The first kappa shape index (κ1) is 17.2. The number of carbonyl (C=O) groups is 1. The number of rotatable bonds is 3. The molecule has 0 aliphatic carbocycles. The zero-order valence-corrected chi connectivity index (χ0v) is 15.3. The van der Waals surface area contributed by atoms with Gasteiger partial charge in [0, 0.05) is 38.8 Å². The average molecular weight is 354 g/mol. The fraction of sp³-hybridized carbons (Fsp3) is 0.500. The number of aryl methyl sites for hydroxylation is 1. The monoisotopic (exact) mass is 354 g/mol. The number of amides is 1. The van der Waals surface area contributed by atoms with Gasteiger partial charge in [-0.25, -0.2) is 0 Å². The lowest BCUT2D eigenvalue weighted by atomic mass is 9.89. The van der Waals surface area contributed by atoms with Crippen molar-refractivity contribution in [2.75, 3.05) is 26.2 Å². The van der Waals surface area contributed by atoms with Crippen LogP contribution in [-0.4, -0.2) is 52.9 Å². The second-order valence-electron chi connectivity index (χ2n) is 7.41. The van der Waals surface area contributed by atoms with E-state index in [9.17, 15) is 4.79 Å². The molecule has 6 nitrogen and oxygen atoms in total. The minimum absolute atomic E-state index is 0.0316. The van der Waals surface area contributed by atoms with E-state index >= 15 is 0 Å². The molecule has 2 aliphatic heterocycles. The lowest BCUT2D eigenvalue weighted by Gasteiger charge is -2.38. The smallest absolute Gasteiger partial charge is 0.227 e. The Hall–Kier alpha value is -2.18. The zero-order chi connectivity index (χ0) is 18.1. The van der Waals surface area contributed by atoms with E-state index in [1.807, 2.05) is 49.5 Å². The number of hydrogen-bond donors (Lipinski definition) is 1. The van der Waals surface area contributed by atoms with Crippen LogP contribution < -0.4 is 5.32 Å². The molecular weight excluding hydrogens is 328 g/mol. The maximum Gasteiger partial charge on any atom is 0.227 e. The lowest BCUT2D eigenvalue weighted by molar-refractivity contribution is -0.148. The van der Waals surface area contributed by atoms with Gasteiger partial charge in [0.1, 0.15) is 6.10 Å². The first-order chi connectivity index (χ1) is 12.6. The van der Waals surface area contributed by atoms with Crippen LogP contribution in [0.1, 0.15) is 30.1 Å². The minimum Gasteiger partial charge on any atom is -0.367 e. The molecule has 0 radical (unpaired) electrons. The van der Waals surface area contributed by atoms with Gasteiger partial charge in [0.25, 0.3) is 0 Å². The van der Waals surface area contributed by atoms with Crippen molar-refractivity contribution >= 4 is 5.91 Å². The van der Waals surface area contributed by atoms with Crippen molar-refractivity contribution in [1.29, 1.82) is 0 Å². The van der Waals surface area contributed by atoms with Gasteiger partial charge in [-0.05, 0) is 18.1 Å². The third-order valence-corrected chi connectivity index (χ3v) is 5.43. The van der Waals surface area contributed by atoms with Crippen molar-refractivity contribution in [2.24, 2.45) is 13.0 Å². The molecule has 1 amide bonds. The first-order valence-electron chi connectivity index (χ1n) is 9.30. The van der Waals surface area contributed by atoms with Gasteiger partial charge in [-0.3, -0.25) is 9.48 Å². The summed E-state index contributed by atoms with van der Waals surface area (Å²) in [6.07, 6.45) is 3.87. The Morgan fingerprint density at radius 2 is 2.00 bits per heavy atom. The Kier molecular flexibility index (Phi) is 4.78. The van der Waals surface area contributed by atoms with E-state index in [1.165, 1.54) is 0 Å². The molecule has 0 bridgehead atoms. The maximum atomic E-state index is 13.3. The Balaban J connectivity index is 1.51. The van der Waals surface area contributed by atoms with Crippen molar-refractivity contribution in [3.63, 3.8) is 0 Å². The van der Waals surface area contributed by atoms with Crippen molar-refractivity contribution in [3.05, 3.63) is 53.9 Å². The fourth-order valence-corrected chi connectivity index (χ4v) is 4.14. The standard InChI is InChI=1S/C20H26N4O2/c1-14-11-24(13-19(26-14)15-6-4-3-5-7-15)20(25)18-10-21-9-17(18)16-8-22-23(2)12-16/h3-8,12,14,17-19,21H,9-11,13H2,1-2H3/t14?,17-,18+,19?/m1/s1. The predicted octanol–water partition coefficient (Wildman–Crippen LogP) is 1.71. The van der Waals surface area contributed by atoms with Crippen molar-refractivity contribution in [1.82, 2.24) is 20.0 Å². The summed E-state index contributed by atoms with van der Waals surface area (Å²) in [5, 5.41) is 7.66. The molecule has 2 fully saturated rings. The van der Waals surface area contributed by atoms with E-state index in [1.54, 1.807) is 4.68 Å². The molecule has 0 spiro atoms. The molecule has 3 heterocycles. The van der Waals surface area contributed by atoms with Crippen LogP contribution in [0.2, 0.25) is 0 Å². The number of nitrogens with zero attached hydrogens (tertiary/aromatic N) is 3. The Labute approximate surface area is 154 Å². The SMILES string of the molecule is CC1CN(C(=O)[C@H]2CNC[C@@H]2c2cnn(C)c2)CC(c2ccccc2)O1. The Bertz CT molecular complexity index is 760. The Morgan fingerprint density at radius 3 is 2.73 bits per heavy atom. The van der Waals surface area contributed by atoms with Crippen LogP contribution in [0.3, 0.4) is 0 Å². The molecule has 1 aromatic heterocycles. The van der Waals surface area contributed by atoms with E-state index in [2.05, 4.69) is 22.5 Å². The summed E-state index contributed by atoms with van der Waals surface area (Å²) >= 11 is 0. The van der Waals surface area contributed by atoms with Crippen LogP contribution in [0.5, 0.6) is 0 Å². The molecule has 6 heteroatoms. The van der Waals surface area contributed by atoms with Crippen LogP contribution >= 0.6 is 0 Å². The second kappa shape index (κ2) is 7.21. The van der Waals surface area contributed by atoms with E-state index in [0.29, 0.717) is 13.1 Å². The molecular formula is C20H26N4O2. The van der Waals surface area contributed by atoms with Crippen molar-refractivity contribution in [2.45, 2.75) is 25.0 Å². The van der Waals surface area contributed by atoms with Gasteiger partial charge >= 0.3 is 0 Å². The van der Waals surface area contributed by atoms with Gasteiger partial charge < -0.3 is 15.0 Å². The number of hydrogen-bond acceptors (Lipinski definition) is 4. The summed E-state index contributed by atoms with van der Waals surface area (Å²) in [7, 11) is 1.91. The summed E-state index contributed by atoms with van der Waals surface area (Å²) in [6, 6.07) is 10.2. The summed E-state index contributed by atoms with van der Waals surface area (Å²) < 4.78 is 7.91. The van der Waals surface area contributed by atoms with Gasteiger partial charge in [-0.1, -0.05) is 30.3 Å². The largest absolute Gasteiger partial charge is 0.367 e. The van der Waals surface area contributed by atoms with Gasteiger partial charge in [0.2, 0.25) is 5.91 Å². The van der Waals surface area contributed by atoms with Gasteiger partial charge in [-0.2, -0.15) is 5.10 Å². The fourth-order valence-electron chi connectivity index (χ4n) is 4.14. The van der Waals surface area contributed by atoms with Gasteiger partial charge in [0.05, 0.1) is 24.8 Å². The minimum atomic E-state index is -0.0601. The lowest BCUT2D eigenvalue weighted by Crippen LogP contribution is -2.49. The number of morpholine rings is 1. The maximum absolute atomic E-state index is 13.3. The summed E-state index contributed by atoms with van der Waals surface area (Å²) in [5.41, 5.74) is 2.27. The van der Waals surface area contributed by atoms with E-state index in [4.69, 9.17) is 4.74 Å². The highest BCUT2D eigenvalue weighted by molar-refractivity contribution is 5.81. The zero-order valence-electron chi connectivity index (χ0n) is 15.3. The van der Waals surface area contributed by atoms with Crippen LogP contribution in [-0.2, 0) is 16.6 Å². The molecule has 2 unspecified atom stereocenters. The van der Waals surface area contributed by atoms with E-state index < -0.39 is 0 Å². The highest BCUT2D eigenvalue weighted by Crippen LogP contribution is 2.32. The molecule has 26 heavy (non-hydrogen) atoms. The molecule has 1 N–H and O–H groups in total. The number of carbonyl (C=O) groups excluding carboxylic acids is 1. The van der Waals surface area contributed by atoms with Crippen LogP contribution in [0.25, 0.3) is 0 Å². The summed E-state index contributed by atoms with van der Waals surface area (Å²) in [4.78, 5) is 15.3. The van der Waals surface area contributed by atoms with Crippen molar-refractivity contribution < 1.29 is 9.53 Å². The van der Waals surface area contributed by atoms with Crippen LogP contribution in [0, 0.1) is 5.92 Å². The van der Waals surface area contributed by atoms with Gasteiger partial charge in [0.15, 0.2) is 0 Å².